The van der Waals surface area contributed by atoms with E-state index in [4.69, 9.17) is 4.74 Å². The highest BCUT2D eigenvalue weighted by molar-refractivity contribution is 14.1. The number of hydrogen-bond acceptors (Lipinski definition) is 6. The fourth-order valence-electron chi connectivity index (χ4n) is 2.85. The number of aromatic nitrogens is 1. The van der Waals surface area contributed by atoms with Crippen molar-refractivity contribution in [1.29, 1.82) is 0 Å². The molecule has 4 rings (SSSR count). The van der Waals surface area contributed by atoms with Gasteiger partial charge in [0.1, 0.15) is 5.01 Å². The number of thiazole rings is 1. The second-order valence-electron chi connectivity index (χ2n) is 6.24. The van der Waals surface area contributed by atoms with Crippen LogP contribution in [0.4, 0.5) is 11.4 Å². The van der Waals surface area contributed by atoms with Crippen LogP contribution in [0.3, 0.4) is 0 Å². The smallest absolute Gasteiger partial charge is 0.310 e. The molecule has 4 aromatic rings. The zero-order chi connectivity index (χ0) is 21.1. The Morgan fingerprint density at radius 3 is 2.70 bits per heavy atom. The minimum atomic E-state index is -0.544. The third-order valence-corrected chi connectivity index (χ3v) is 5.94. The number of rotatable bonds is 6. The summed E-state index contributed by atoms with van der Waals surface area (Å²) in [5.74, 6) is -0.372. The Morgan fingerprint density at radius 2 is 1.90 bits per heavy atom. The van der Waals surface area contributed by atoms with E-state index in [9.17, 15) is 14.9 Å². The van der Waals surface area contributed by atoms with Gasteiger partial charge in [-0.05, 0) is 59.0 Å². The van der Waals surface area contributed by atoms with Crippen molar-refractivity contribution < 1.29 is 14.5 Å². The summed E-state index contributed by atoms with van der Waals surface area (Å²) >= 11 is 3.75. The summed E-state index contributed by atoms with van der Waals surface area (Å²) in [6, 6.07) is 19.4. The average molecular weight is 531 g/mol. The van der Waals surface area contributed by atoms with Crippen LogP contribution in [0, 0.1) is 13.7 Å². The molecule has 0 saturated carbocycles. The first-order chi connectivity index (χ1) is 14.5. The first-order valence-corrected chi connectivity index (χ1v) is 10.7. The lowest BCUT2D eigenvalue weighted by Gasteiger charge is -2.11. The highest BCUT2D eigenvalue weighted by Crippen LogP contribution is 2.35. The predicted octanol–water partition coefficient (Wildman–Crippen LogP) is 5.49. The van der Waals surface area contributed by atoms with Gasteiger partial charge in [0, 0.05) is 15.2 Å². The highest BCUT2D eigenvalue weighted by Gasteiger charge is 2.17. The van der Waals surface area contributed by atoms with Crippen LogP contribution in [0.15, 0.2) is 66.7 Å². The molecule has 0 aliphatic rings. The molecule has 9 heteroatoms. The van der Waals surface area contributed by atoms with E-state index < -0.39 is 10.8 Å². The summed E-state index contributed by atoms with van der Waals surface area (Å²) in [6.45, 7) is -0.351. The van der Waals surface area contributed by atoms with Gasteiger partial charge in [0.15, 0.2) is 12.4 Å². The molecule has 1 heterocycles. The van der Waals surface area contributed by atoms with Crippen LogP contribution in [0.25, 0.3) is 20.8 Å². The van der Waals surface area contributed by atoms with Gasteiger partial charge in [0.05, 0.1) is 20.8 Å². The van der Waals surface area contributed by atoms with E-state index in [1.165, 1.54) is 12.1 Å². The first-order valence-electron chi connectivity index (χ1n) is 8.83. The molecule has 1 N–H and O–H groups in total. The van der Waals surface area contributed by atoms with E-state index in [0.29, 0.717) is 5.69 Å². The molecular weight excluding hydrogens is 517 g/mol. The second-order valence-corrected chi connectivity index (χ2v) is 8.51. The fourth-order valence-corrected chi connectivity index (χ4v) is 4.34. The van der Waals surface area contributed by atoms with Gasteiger partial charge in [0.25, 0.3) is 5.91 Å². The number of nitro groups is 1. The van der Waals surface area contributed by atoms with Crippen LogP contribution in [0.2, 0.25) is 0 Å². The molecule has 0 aliphatic heterocycles. The summed E-state index contributed by atoms with van der Waals surface area (Å²) < 4.78 is 7.45. The number of anilines is 1. The Bertz CT molecular complexity index is 1220. The number of amides is 1. The lowest BCUT2D eigenvalue weighted by Crippen LogP contribution is -2.20. The van der Waals surface area contributed by atoms with Crippen molar-refractivity contribution in [3.63, 3.8) is 0 Å². The fraction of sp³-hybridized carbons (Fsp3) is 0.0476. The van der Waals surface area contributed by atoms with E-state index in [1.54, 1.807) is 23.5 Å². The van der Waals surface area contributed by atoms with Gasteiger partial charge in [-0.3, -0.25) is 14.9 Å². The van der Waals surface area contributed by atoms with Crippen molar-refractivity contribution in [2.24, 2.45) is 0 Å². The molecule has 0 spiro atoms. The molecule has 30 heavy (non-hydrogen) atoms. The summed E-state index contributed by atoms with van der Waals surface area (Å²) in [5.41, 5.74) is 2.12. The minimum Gasteiger partial charge on any atom is -0.477 e. The van der Waals surface area contributed by atoms with Crippen molar-refractivity contribution in [1.82, 2.24) is 4.98 Å². The van der Waals surface area contributed by atoms with Crippen LogP contribution in [-0.2, 0) is 4.79 Å². The second kappa shape index (κ2) is 8.76. The lowest BCUT2D eigenvalue weighted by atomic mass is 10.2. The quantitative estimate of drug-likeness (QED) is 0.202. The maximum Gasteiger partial charge on any atom is 0.310 e. The van der Waals surface area contributed by atoms with E-state index in [0.717, 1.165) is 24.4 Å². The summed E-state index contributed by atoms with van der Waals surface area (Å²) in [6.07, 6.45) is 0. The Balaban J connectivity index is 1.55. The monoisotopic (exact) mass is 531 g/mol. The van der Waals surface area contributed by atoms with Gasteiger partial charge in [-0.15, -0.1) is 11.3 Å². The molecule has 1 amide bonds. The number of nitrogens with one attached hydrogen (secondary N) is 1. The van der Waals surface area contributed by atoms with Gasteiger partial charge < -0.3 is 10.1 Å². The number of para-hydroxylation sites is 3. The molecule has 7 nitrogen and oxygen atoms in total. The third-order valence-electron chi connectivity index (χ3n) is 4.20. The lowest BCUT2D eigenvalue weighted by molar-refractivity contribution is -0.385. The van der Waals surface area contributed by atoms with E-state index in [1.807, 2.05) is 42.5 Å². The van der Waals surface area contributed by atoms with Gasteiger partial charge in [-0.1, -0.05) is 24.3 Å². The van der Waals surface area contributed by atoms with Crippen LogP contribution in [0.1, 0.15) is 0 Å². The maximum atomic E-state index is 12.5. The Labute approximate surface area is 189 Å². The Kier molecular flexibility index (Phi) is 5.91. The molecule has 0 radical (unpaired) electrons. The number of nitrogens with zero attached hydrogens (tertiary/aromatic N) is 2. The standard InChI is InChI=1S/C21H14IN3O4S/c22-13-9-10-15(14(11-13)21-24-16-5-1-4-8-19(16)30-21)23-20(26)12-29-18-7-3-2-6-17(18)25(27)28/h1-11H,12H2,(H,23,26). The zero-order valence-electron chi connectivity index (χ0n) is 15.4. The zero-order valence-corrected chi connectivity index (χ0v) is 18.3. The minimum absolute atomic E-state index is 0.0478. The van der Waals surface area contributed by atoms with Gasteiger partial charge in [0.2, 0.25) is 0 Å². The SMILES string of the molecule is O=C(COc1ccccc1[N+](=O)[O-])Nc1ccc(I)cc1-c1nc2ccccc2s1. The molecular formula is C21H14IN3O4S. The van der Waals surface area contributed by atoms with Gasteiger partial charge >= 0.3 is 5.69 Å². The summed E-state index contributed by atoms with van der Waals surface area (Å²) in [7, 11) is 0. The number of benzene rings is 3. The van der Waals surface area contributed by atoms with Crippen molar-refractivity contribution >= 4 is 61.4 Å². The average Bonchev–Trinajstić information content (AvgIpc) is 3.18. The summed E-state index contributed by atoms with van der Waals surface area (Å²) in [5, 5.41) is 14.7. The van der Waals surface area contributed by atoms with Crippen LogP contribution in [0.5, 0.6) is 5.75 Å². The first kappa shape index (κ1) is 20.2. The molecule has 0 bridgehead atoms. The number of halogens is 1. The van der Waals surface area contributed by atoms with Crippen molar-refractivity contribution in [3.05, 3.63) is 80.4 Å². The van der Waals surface area contributed by atoms with E-state index in [2.05, 4.69) is 32.9 Å². The maximum absolute atomic E-state index is 12.5. The number of carbonyl (C=O) groups excluding carboxylic acids is 1. The number of nitro benzene ring substituents is 1. The molecule has 0 fully saturated rings. The van der Waals surface area contributed by atoms with Crippen molar-refractivity contribution in [2.45, 2.75) is 0 Å². The molecule has 1 aromatic heterocycles. The predicted molar refractivity (Wildman–Crippen MR) is 125 cm³/mol. The topological polar surface area (TPSA) is 94.4 Å². The third kappa shape index (κ3) is 4.41. The largest absolute Gasteiger partial charge is 0.477 e. The Morgan fingerprint density at radius 1 is 1.13 bits per heavy atom. The Hall–Kier alpha value is -3.05. The van der Waals surface area contributed by atoms with Crippen LogP contribution in [-0.4, -0.2) is 22.4 Å². The summed E-state index contributed by atoms with van der Waals surface area (Å²) in [4.78, 5) is 27.7. The molecule has 0 aliphatic carbocycles. The number of hydrogen-bond donors (Lipinski definition) is 1. The number of carbonyl (C=O) groups is 1. The van der Waals surface area contributed by atoms with E-state index >= 15 is 0 Å². The molecule has 0 atom stereocenters. The van der Waals surface area contributed by atoms with E-state index in [-0.39, 0.29) is 18.0 Å². The normalized spacial score (nSPS) is 10.7. The van der Waals surface area contributed by atoms with Gasteiger partial charge in [-0.2, -0.15) is 0 Å². The molecule has 3 aromatic carbocycles. The number of ether oxygens (including phenoxy) is 1. The van der Waals surface area contributed by atoms with Crippen molar-refractivity contribution in [2.75, 3.05) is 11.9 Å². The molecule has 0 saturated heterocycles. The number of fused-ring (bicyclic) bond motifs is 1. The molecule has 150 valence electrons. The van der Waals surface area contributed by atoms with Crippen LogP contribution < -0.4 is 10.1 Å². The van der Waals surface area contributed by atoms with Crippen molar-refractivity contribution in [3.8, 4) is 16.3 Å². The highest BCUT2D eigenvalue weighted by atomic mass is 127. The molecule has 0 unspecified atom stereocenters. The van der Waals surface area contributed by atoms with Gasteiger partial charge in [-0.25, -0.2) is 4.98 Å². The van der Waals surface area contributed by atoms with Crippen LogP contribution >= 0.6 is 33.9 Å².